The molecule has 0 aliphatic carbocycles. The first kappa shape index (κ1) is 15.8. The van der Waals surface area contributed by atoms with E-state index in [2.05, 4.69) is 5.10 Å². The maximum Gasteiger partial charge on any atom is 0.323 e. The Labute approximate surface area is 129 Å². The summed E-state index contributed by atoms with van der Waals surface area (Å²) >= 11 is 0. The largest absolute Gasteiger partial charge is 0.480 e. The number of rotatable bonds is 5. The van der Waals surface area contributed by atoms with E-state index in [9.17, 15) is 9.59 Å². The van der Waals surface area contributed by atoms with Crippen molar-refractivity contribution >= 4 is 17.6 Å². The number of carboxylic acid groups (broad SMARTS) is 1. The van der Waals surface area contributed by atoms with Crippen LogP contribution in [0.25, 0.3) is 0 Å². The number of aliphatic carboxylic acids is 1. The molecule has 6 nitrogen and oxygen atoms in total. The molecule has 1 N–H and O–H groups in total. The van der Waals surface area contributed by atoms with E-state index in [-0.39, 0.29) is 11.9 Å². The van der Waals surface area contributed by atoms with Crippen LogP contribution in [0.5, 0.6) is 0 Å². The van der Waals surface area contributed by atoms with Crippen molar-refractivity contribution in [2.24, 2.45) is 0 Å². The van der Waals surface area contributed by atoms with E-state index in [0.717, 1.165) is 0 Å². The number of carbonyl (C=O) groups excluding carboxylic acids is 1. The summed E-state index contributed by atoms with van der Waals surface area (Å²) < 4.78 is 1.70. The highest BCUT2D eigenvalue weighted by molar-refractivity contribution is 6.08. The summed E-state index contributed by atoms with van der Waals surface area (Å²) in [5.41, 5.74) is 1.55. The van der Waals surface area contributed by atoms with Crippen LogP contribution in [-0.2, 0) is 4.79 Å². The molecule has 2 rings (SSSR count). The summed E-state index contributed by atoms with van der Waals surface area (Å²) in [5.74, 6) is -1.43. The van der Waals surface area contributed by atoms with Crippen LogP contribution in [0.3, 0.4) is 0 Å². The van der Waals surface area contributed by atoms with Crippen LogP contribution in [0.1, 0.15) is 35.9 Å². The number of amides is 1. The Morgan fingerprint density at radius 3 is 2.41 bits per heavy atom. The molecule has 0 aliphatic rings. The molecule has 0 aliphatic heterocycles. The van der Waals surface area contributed by atoms with Gasteiger partial charge in [-0.2, -0.15) is 5.10 Å². The van der Waals surface area contributed by atoms with Crippen molar-refractivity contribution in [2.45, 2.75) is 26.8 Å². The average molecular weight is 301 g/mol. The first-order valence-corrected chi connectivity index (χ1v) is 7.04. The van der Waals surface area contributed by atoms with Crippen LogP contribution >= 0.6 is 0 Å². The topological polar surface area (TPSA) is 75.4 Å². The summed E-state index contributed by atoms with van der Waals surface area (Å²) in [4.78, 5) is 25.1. The standard InChI is InChI=1S/C16H19N3O3/c1-11(2)19-9-14(12(3)17-19)16(22)18(10-15(20)21)13-7-5-4-6-8-13/h4-9,11H,10H2,1-3H3,(H,20,21). The SMILES string of the molecule is Cc1nn(C(C)C)cc1C(=O)N(CC(=O)O)c1ccccc1. The van der Waals surface area contributed by atoms with E-state index in [1.807, 2.05) is 19.9 Å². The Hall–Kier alpha value is -2.63. The molecule has 0 radical (unpaired) electrons. The van der Waals surface area contributed by atoms with Crippen LogP contribution in [0, 0.1) is 6.92 Å². The van der Waals surface area contributed by atoms with Gasteiger partial charge in [-0.3, -0.25) is 19.2 Å². The minimum absolute atomic E-state index is 0.130. The number of anilines is 1. The van der Waals surface area contributed by atoms with E-state index in [0.29, 0.717) is 16.9 Å². The molecule has 0 saturated carbocycles. The van der Waals surface area contributed by atoms with Gasteiger partial charge in [-0.15, -0.1) is 0 Å². The van der Waals surface area contributed by atoms with Gasteiger partial charge in [0.1, 0.15) is 6.54 Å². The molecule has 0 fully saturated rings. The van der Waals surface area contributed by atoms with Crippen LogP contribution in [0.15, 0.2) is 36.5 Å². The molecule has 6 heteroatoms. The number of nitrogens with zero attached hydrogens (tertiary/aromatic N) is 3. The van der Waals surface area contributed by atoms with E-state index in [1.54, 1.807) is 42.1 Å². The number of benzene rings is 1. The van der Waals surface area contributed by atoms with Gasteiger partial charge in [0.25, 0.3) is 5.91 Å². The lowest BCUT2D eigenvalue weighted by Crippen LogP contribution is -2.35. The zero-order valence-electron chi connectivity index (χ0n) is 12.9. The second-order valence-electron chi connectivity index (χ2n) is 5.32. The third-order valence-electron chi connectivity index (χ3n) is 3.28. The van der Waals surface area contributed by atoms with Crippen LogP contribution in [0.4, 0.5) is 5.69 Å². The quantitative estimate of drug-likeness (QED) is 0.920. The Kier molecular flexibility index (Phi) is 4.60. The zero-order chi connectivity index (χ0) is 16.3. The number of para-hydroxylation sites is 1. The molecule has 2 aromatic rings. The van der Waals surface area contributed by atoms with E-state index in [4.69, 9.17) is 5.11 Å². The lowest BCUT2D eigenvalue weighted by Gasteiger charge is -2.20. The van der Waals surface area contributed by atoms with Crippen LogP contribution in [0.2, 0.25) is 0 Å². The van der Waals surface area contributed by atoms with Crippen molar-refractivity contribution in [3.8, 4) is 0 Å². The second-order valence-corrected chi connectivity index (χ2v) is 5.32. The first-order chi connectivity index (χ1) is 10.4. The highest BCUT2D eigenvalue weighted by atomic mass is 16.4. The van der Waals surface area contributed by atoms with E-state index >= 15 is 0 Å². The van der Waals surface area contributed by atoms with Crippen molar-refractivity contribution in [3.05, 3.63) is 47.8 Å². The number of aromatic nitrogens is 2. The zero-order valence-corrected chi connectivity index (χ0v) is 12.9. The van der Waals surface area contributed by atoms with Gasteiger partial charge in [-0.05, 0) is 32.9 Å². The lowest BCUT2D eigenvalue weighted by atomic mass is 10.2. The molecule has 0 unspecified atom stereocenters. The predicted molar refractivity (Wildman–Crippen MR) is 83.1 cm³/mol. The molecule has 0 saturated heterocycles. The van der Waals surface area contributed by atoms with Gasteiger partial charge in [0.2, 0.25) is 0 Å². The third kappa shape index (κ3) is 3.33. The molecule has 1 aromatic heterocycles. The predicted octanol–water partition coefficient (Wildman–Crippen LogP) is 2.50. The fourth-order valence-corrected chi connectivity index (χ4v) is 2.13. The van der Waals surface area contributed by atoms with Gasteiger partial charge in [0, 0.05) is 17.9 Å². The van der Waals surface area contributed by atoms with Crippen molar-refractivity contribution < 1.29 is 14.7 Å². The molecule has 0 atom stereocenters. The van der Waals surface area contributed by atoms with Gasteiger partial charge in [-0.25, -0.2) is 0 Å². The molecule has 0 bridgehead atoms. The number of hydrogen-bond acceptors (Lipinski definition) is 3. The molecule has 1 amide bonds. The molecular formula is C16H19N3O3. The van der Waals surface area contributed by atoms with Crippen LogP contribution in [-0.4, -0.2) is 33.3 Å². The maximum atomic E-state index is 12.7. The maximum absolute atomic E-state index is 12.7. The molecule has 116 valence electrons. The molecule has 0 spiro atoms. The number of hydrogen-bond donors (Lipinski definition) is 1. The number of carboxylic acids is 1. The average Bonchev–Trinajstić information content (AvgIpc) is 2.87. The summed E-state index contributed by atoms with van der Waals surface area (Å²) in [6.45, 7) is 5.28. The summed E-state index contributed by atoms with van der Waals surface area (Å²) in [5, 5.41) is 13.4. The number of aryl methyl sites for hydroxylation is 1. The smallest absolute Gasteiger partial charge is 0.323 e. The molecular weight excluding hydrogens is 282 g/mol. The van der Waals surface area contributed by atoms with Gasteiger partial charge in [0.05, 0.1) is 11.3 Å². The summed E-state index contributed by atoms with van der Waals surface area (Å²) in [7, 11) is 0. The van der Waals surface area contributed by atoms with Crippen molar-refractivity contribution in [3.63, 3.8) is 0 Å². The van der Waals surface area contributed by atoms with Gasteiger partial charge < -0.3 is 5.11 Å². The van der Waals surface area contributed by atoms with Crippen molar-refractivity contribution in [2.75, 3.05) is 11.4 Å². The lowest BCUT2D eigenvalue weighted by molar-refractivity contribution is -0.135. The summed E-state index contributed by atoms with van der Waals surface area (Å²) in [6.07, 6.45) is 1.67. The summed E-state index contributed by atoms with van der Waals surface area (Å²) in [6, 6.07) is 8.90. The monoisotopic (exact) mass is 301 g/mol. The minimum atomic E-state index is -1.06. The Morgan fingerprint density at radius 2 is 1.91 bits per heavy atom. The Balaban J connectivity index is 2.39. The van der Waals surface area contributed by atoms with E-state index in [1.165, 1.54) is 4.90 Å². The van der Waals surface area contributed by atoms with Gasteiger partial charge in [0.15, 0.2) is 0 Å². The Morgan fingerprint density at radius 1 is 1.27 bits per heavy atom. The van der Waals surface area contributed by atoms with Crippen LogP contribution < -0.4 is 4.90 Å². The highest BCUT2D eigenvalue weighted by Crippen LogP contribution is 2.19. The molecule has 1 heterocycles. The van der Waals surface area contributed by atoms with Gasteiger partial charge in [-0.1, -0.05) is 18.2 Å². The highest BCUT2D eigenvalue weighted by Gasteiger charge is 2.24. The minimum Gasteiger partial charge on any atom is -0.480 e. The molecule has 1 aromatic carbocycles. The third-order valence-corrected chi connectivity index (χ3v) is 3.28. The second kappa shape index (κ2) is 6.43. The van der Waals surface area contributed by atoms with Gasteiger partial charge >= 0.3 is 5.97 Å². The van der Waals surface area contributed by atoms with E-state index < -0.39 is 12.5 Å². The number of carbonyl (C=O) groups is 2. The van der Waals surface area contributed by atoms with Crippen molar-refractivity contribution in [1.82, 2.24) is 9.78 Å². The Bertz CT molecular complexity index is 677. The van der Waals surface area contributed by atoms with Crippen molar-refractivity contribution in [1.29, 1.82) is 0 Å². The normalized spacial score (nSPS) is 10.7. The first-order valence-electron chi connectivity index (χ1n) is 7.04. The fraction of sp³-hybridized carbons (Fsp3) is 0.312. The molecule has 22 heavy (non-hydrogen) atoms. The fourth-order valence-electron chi connectivity index (χ4n) is 2.13.